The summed E-state index contributed by atoms with van der Waals surface area (Å²) in [5, 5.41) is 2.83. The van der Waals surface area contributed by atoms with Crippen LogP contribution >= 0.6 is 0 Å². The van der Waals surface area contributed by atoms with Crippen molar-refractivity contribution in [2.24, 2.45) is 5.73 Å². The molecule has 1 rings (SSSR count). The molecule has 1 aromatic rings. The van der Waals surface area contributed by atoms with Gasteiger partial charge in [0.05, 0.1) is 6.54 Å². The fraction of sp³-hybridized carbons (Fsp3) is 0.500. The Labute approximate surface area is 109 Å². The summed E-state index contributed by atoms with van der Waals surface area (Å²) in [6.07, 6.45) is 0.909. The largest absolute Gasteiger partial charge is 0.355 e. The first-order valence-electron chi connectivity index (χ1n) is 6.49. The second kappa shape index (κ2) is 8.66. The maximum absolute atomic E-state index is 11.6. The number of nitrogens with one attached hydrogen (secondary N) is 1. The Morgan fingerprint density at radius 1 is 1.33 bits per heavy atom. The van der Waals surface area contributed by atoms with Gasteiger partial charge in [-0.15, -0.1) is 0 Å². The van der Waals surface area contributed by atoms with Gasteiger partial charge in [0.25, 0.3) is 0 Å². The van der Waals surface area contributed by atoms with Gasteiger partial charge in [-0.25, -0.2) is 0 Å². The molecule has 0 radical (unpaired) electrons. The van der Waals surface area contributed by atoms with Crippen LogP contribution in [0.1, 0.15) is 18.9 Å². The molecule has 4 heteroatoms. The second-order valence-electron chi connectivity index (χ2n) is 4.29. The highest BCUT2D eigenvalue weighted by atomic mass is 16.2. The summed E-state index contributed by atoms with van der Waals surface area (Å²) in [6.45, 7) is 5.33. The Morgan fingerprint density at radius 3 is 2.67 bits per heavy atom. The van der Waals surface area contributed by atoms with Crippen LogP contribution in [0.15, 0.2) is 30.3 Å². The molecular weight excluding hydrogens is 226 g/mol. The number of hydrogen-bond acceptors (Lipinski definition) is 3. The van der Waals surface area contributed by atoms with Gasteiger partial charge in [-0.2, -0.15) is 0 Å². The Bertz CT molecular complexity index is 340. The number of likely N-dealkylation sites (N-methyl/N-ethyl adjacent to an activating group) is 1. The Morgan fingerprint density at radius 2 is 2.06 bits per heavy atom. The third-order valence-corrected chi connectivity index (χ3v) is 2.67. The molecule has 1 aromatic carbocycles. The Hall–Kier alpha value is -1.39. The minimum Gasteiger partial charge on any atom is -0.355 e. The predicted octanol–water partition coefficient (Wildman–Crippen LogP) is 0.974. The number of carbonyl (C=O) groups excluding carboxylic acids is 1. The maximum atomic E-state index is 11.6. The first-order chi connectivity index (χ1) is 8.76. The Kier molecular flexibility index (Phi) is 7.06. The molecule has 0 unspecified atom stereocenters. The van der Waals surface area contributed by atoms with Crippen LogP contribution in [0.4, 0.5) is 0 Å². The summed E-state index contributed by atoms with van der Waals surface area (Å²) in [5.74, 6) is 0.0745. The van der Waals surface area contributed by atoms with Crippen molar-refractivity contribution in [1.29, 1.82) is 0 Å². The van der Waals surface area contributed by atoms with Crippen LogP contribution in [0.5, 0.6) is 0 Å². The van der Waals surface area contributed by atoms with Crippen LogP contribution < -0.4 is 11.1 Å². The molecule has 0 spiro atoms. The van der Waals surface area contributed by atoms with Crippen molar-refractivity contribution in [3.63, 3.8) is 0 Å². The van der Waals surface area contributed by atoms with Gasteiger partial charge in [-0.3, -0.25) is 9.69 Å². The van der Waals surface area contributed by atoms with Gasteiger partial charge in [-0.1, -0.05) is 30.3 Å². The number of hydrogen-bond donors (Lipinski definition) is 2. The average Bonchev–Trinajstić information content (AvgIpc) is 2.37. The van der Waals surface area contributed by atoms with Crippen LogP contribution in [-0.2, 0) is 11.3 Å². The third-order valence-electron chi connectivity index (χ3n) is 2.67. The van der Waals surface area contributed by atoms with E-state index in [4.69, 9.17) is 5.73 Å². The highest BCUT2D eigenvalue weighted by Gasteiger charge is 2.10. The molecule has 0 atom stereocenters. The molecule has 0 aliphatic heterocycles. The minimum absolute atomic E-state index is 0.0745. The molecule has 18 heavy (non-hydrogen) atoms. The average molecular weight is 249 g/mol. The fourth-order valence-electron chi connectivity index (χ4n) is 1.83. The lowest BCUT2D eigenvalue weighted by Crippen LogP contribution is -2.37. The fourth-order valence-corrected chi connectivity index (χ4v) is 1.83. The molecule has 1 amide bonds. The van der Waals surface area contributed by atoms with Crippen molar-refractivity contribution in [3.8, 4) is 0 Å². The number of nitrogens with zero attached hydrogens (tertiary/aromatic N) is 1. The summed E-state index contributed by atoms with van der Waals surface area (Å²) < 4.78 is 0. The van der Waals surface area contributed by atoms with E-state index >= 15 is 0 Å². The van der Waals surface area contributed by atoms with E-state index < -0.39 is 0 Å². The van der Waals surface area contributed by atoms with E-state index in [1.54, 1.807) is 0 Å². The molecule has 0 aromatic heterocycles. The zero-order valence-corrected chi connectivity index (χ0v) is 11.1. The zero-order valence-electron chi connectivity index (χ0n) is 11.1. The van der Waals surface area contributed by atoms with Crippen molar-refractivity contribution >= 4 is 5.91 Å². The van der Waals surface area contributed by atoms with Crippen molar-refractivity contribution < 1.29 is 4.79 Å². The van der Waals surface area contributed by atoms with Gasteiger partial charge in [0, 0.05) is 19.6 Å². The molecule has 4 nitrogen and oxygen atoms in total. The van der Waals surface area contributed by atoms with Crippen LogP contribution in [0.25, 0.3) is 0 Å². The van der Waals surface area contributed by atoms with E-state index in [1.165, 1.54) is 5.56 Å². The molecule has 0 heterocycles. The monoisotopic (exact) mass is 249 g/mol. The van der Waals surface area contributed by atoms with Gasteiger partial charge in [0.15, 0.2) is 0 Å². The first-order valence-corrected chi connectivity index (χ1v) is 6.49. The molecule has 0 bridgehead atoms. The lowest BCUT2D eigenvalue weighted by atomic mass is 10.2. The highest BCUT2D eigenvalue weighted by Crippen LogP contribution is 2.04. The van der Waals surface area contributed by atoms with Gasteiger partial charge < -0.3 is 11.1 Å². The molecule has 0 aliphatic rings. The molecule has 0 saturated heterocycles. The standard InChI is InChI=1S/C14H23N3O/c1-2-16-14(18)12-17(10-6-9-15)11-13-7-4-3-5-8-13/h3-5,7-8H,2,6,9-12,15H2,1H3,(H,16,18). The Balaban J connectivity index is 2.52. The molecule has 0 saturated carbocycles. The van der Waals surface area contributed by atoms with E-state index in [-0.39, 0.29) is 5.91 Å². The van der Waals surface area contributed by atoms with Gasteiger partial charge >= 0.3 is 0 Å². The maximum Gasteiger partial charge on any atom is 0.234 e. The summed E-state index contributed by atoms with van der Waals surface area (Å²) in [6, 6.07) is 10.2. The van der Waals surface area contributed by atoms with Crippen molar-refractivity contribution in [2.45, 2.75) is 19.9 Å². The SMILES string of the molecule is CCNC(=O)CN(CCCN)Cc1ccccc1. The lowest BCUT2D eigenvalue weighted by molar-refractivity contribution is -0.122. The number of carbonyl (C=O) groups is 1. The lowest BCUT2D eigenvalue weighted by Gasteiger charge is -2.21. The van der Waals surface area contributed by atoms with E-state index in [0.29, 0.717) is 19.6 Å². The van der Waals surface area contributed by atoms with E-state index in [2.05, 4.69) is 22.3 Å². The highest BCUT2D eigenvalue weighted by molar-refractivity contribution is 5.77. The van der Waals surface area contributed by atoms with Gasteiger partial charge in [0.1, 0.15) is 0 Å². The minimum atomic E-state index is 0.0745. The summed E-state index contributed by atoms with van der Waals surface area (Å²) in [7, 11) is 0. The van der Waals surface area contributed by atoms with E-state index in [9.17, 15) is 4.79 Å². The summed E-state index contributed by atoms with van der Waals surface area (Å²) in [4.78, 5) is 13.8. The van der Waals surface area contributed by atoms with Crippen LogP contribution in [-0.4, -0.2) is 37.0 Å². The third kappa shape index (κ3) is 5.80. The number of rotatable bonds is 8. The summed E-state index contributed by atoms with van der Waals surface area (Å²) >= 11 is 0. The molecule has 0 fully saturated rings. The van der Waals surface area contributed by atoms with E-state index in [1.807, 2.05) is 25.1 Å². The van der Waals surface area contributed by atoms with Crippen LogP contribution in [0, 0.1) is 0 Å². The smallest absolute Gasteiger partial charge is 0.234 e. The van der Waals surface area contributed by atoms with Crippen molar-refractivity contribution in [3.05, 3.63) is 35.9 Å². The zero-order chi connectivity index (χ0) is 13.2. The molecule has 0 aliphatic carbocycles. The number of nitrogens with two attached hydrogens (primary N) is 1. The van der Waals surface area contributed by atoms with Crippen LogP contribution in [0.2, 0.25) is 0 Å². The molecule has 100 valence electrons. The van der Waals surface area contributed by atoms with Gasteiger partial charge in [0.2, 0.25) is 5.91 Å². The topological polar surface area (TPSA) is 58.4 Å². The number of benzene rings is 1. The quantitative estimate of drug-likeness (QED) is 0.722. The molecular formula is C14H23N3O. The molecule has 3 N–H and O–H groups in total. The van der Waals surface area contributed by atoms with Crippen molar-refractivity contribution in [1.82, 2.24) is 10.2 Å². The number of amides is 1. The normalized spacial score (nSPS) is 10.6. The predicted molar refractivity (Wildman–Crippen MR) is 74.1 cm³/mol. The summed E-state index contributed by atoms with van der Waals surface area (Å²) in [5.41, 5.74) is 6.75. The van der Waals surface area contributed by atoms with Crippen LogP contribution in [0.3, 0.4) is 0 Å². The van der Waals surface area contributed by atoms with Crippen molar-refractivity contribution in [2.75, 3.05) is 26.2 Å². The van der Waals surface area contributed by atoms with Gasteiger partial charge in [-0.05, 0) is 25.5 Å². The first kappa shape index (κ1) is 14.7. The second-order valence-corrected chi connectivity index (χ2v) is 4.29. The van der Waals surface area contributed by atoms with E-state index in [0.717, 1.165) is 19.5 Å².